The molecular weight excluding hydrogens is 394 g/mol. The average Bonchev–Trinajstić information content (AvgIpc) is 3.35. The van der Waals surface area contributed by atoms with Crippen molar-refractivity contribution in [1.82, 2.24) is 19.2 Å². The number of nitrogens with zero attached hydrogens (tertiary/aromatic N) is 4. The van der Waals surface area contributed by atoms with Crippen LogP contribution in [0, 0.1) is 11.6 Å². The maximum Gasteiger partial charge on any atom is 0.137 e. The van der Waals surface area contributed by atoms with Gasteiger partial charge in [0.15, 0.2) is 0 Å². The van der Waals surface area contributed by atoms with Crippen molar-refractivity contribution in [2.45, 2.75) is 0 Å². The molecule has 3 heterocycles. The number of hydrogen-bond acceptors (Lipinski definition) is 2. The van der Waals surface area contributed by atoms with E-state index in [0.717, 1.165) is 23.0 Å². The number of rotatable bonds is 3. The van der Waals surface area contributed by atoms with Crippen LogP contribution in [0.3, 0.4) is 0 Å². The number of pyridine rings is 1. The average molecular weight is 407 g/mol. The van der Waals surface area contributed by atoms with Crippen LogP contribution in [0.25, 0.3) is 33.8 Å². The number of fused-ring (bicyclic) bond motifs is 1. The van der Waals surface area contributed by atoms with E-state index in [4.69, 9.17) is 11.6 Å². The van der Waals surface area contributed by atoms with Gasteiger partial charge < -0.3 is 0 Å². The second-order valence-electron chi connectivity index (χ2n) is 6.52. The van der Waals surface area contributed by atoms with Crippen molar-refractivity contribution >= 4 is 17.2 Å². The summed E-state index contributed by atoms with van der Waals surface area (Å²) in [6.07, 6.45) is 5.15. The molecule has 0 N–H and O–H groups in total. The van der Waals surface area contributed by atoms with E-state index < -0.39 is 11.6 Å². The minimum Gasteiger partial charge on any atom is -0.299 e. The second kappa shape index (κ2) is 6.83. The van der Waals surface area contributed by atoms with Gasteiger partial charge in [-0.15, -0.1) is 0 Å². The molecule has 0 fully saturated rings. The van der Waals surface area contributed by atoms with Crippen molar-refractivity contribution < 1.29 is 8.78 Å². The summed E-state index contributed by atoms with van der Waals surface area (Å²) in [5.41, 5.74) is 4.06. The van der Waals surface area contributed by atoms with Crippen molar-refractivity contribution in [2.75, 3.05) is 0 Å². The first-order chi connectivity index (χ1) is 14.1. The van der Waals surface area contributed by atoms with Crippen LogP contribution in [0.2, 0.25) is 5.02 Å². The first-order valence-electron chi connectivity index (χ1n) is 8.83. The largest absolute Gasteiger partial charge is 0.299 e. The van der Waals surface area contributed by atoms with Gasteiger partial charge in [0.25, 0.3) is 0 Å². The van der Waals surface area contributed by atoms with E-state index in [1.54, 1.807) is 33.6 Å². The van der Waals surface area contributed by atoms with Gasteiger partial charge in [-0.05, 0) is 54.6 Å². The summed E-state index contributed by atoms with van der Waals surface area (Å²) < 4.78 is 31.2. The standard InChI is InChI=1S/C22H13ClF2N4/c23-15-2-5-17(6-3-15)29-20(9-10-27-29)14-1-8-22-26-12-21(28(22)13-14)18-7-4-16(24)11-19(18)25/h1-13H. The molecule has 0 aliphatic rings. The summed E-state index contributed by atoms with van der Waals surface area (Å²) in [7, 11) is 0. The molecule has 5 rings (SSSR count). The topological polar surface area (TPSA) is 35.1 Å². The fourth-order valence-electron chi connectivity index (χ4n) is 3.34. The lowest BCUT2D eigenvalue weighted by atomic mass is 10.1. The predicted octanol–water partition coefficient (Wildman–Crippen LogP) is 5.79. The number of aromatic nitrogens is 4. The van der Waals surface area contributed by atoms with Gasteiger partial charge in [-0.2, -0.15) is 5.10 Å². The van der Waals surface area contributed by atoms with Gasteiger partial charge in [0.05, 0.1) is 29.5 Å². The number of imidazole rings is 1. The van der Waals surface area contributed by atoms with Gasteiger partial charge in [0, 0.05) is 28.4 Å². The van der Waals surface area contributed by atoms with E-state index in [-0.39, 0.29) is 5.56 Å². The van der Waals surface area contributed by atoms with Crippen molar-refractivity contribution in [3.63, 3.8) is 0 Å². The second-order valence-corrected chi connectivity index (χ2v) is 6.95. The molecule has 0 aliphatic carbocycles. The van der Waals surface area contributed by atoms with Crippen LogP contribution >= 0.6 is 11.6 Å². The molecule has 7 heteroatoms. The minimum absolute atomic E-state index is 0.280. The number of benzene rings is 2. The fraction of sp³-hybridized carbons (Fsp3) is 0. The SMILES string of the molecule is Fc1ccc(-c2cnc3ccc(-c4ccnn4-c4ccc(Cl)cc4)cn23)c(F)c1. The Balaban J connectivity index is 1.65. The Bertz CT molecular complexity index is 1340. The van der Waals surface area contributed by atoms with Gasteiger partial charge in [0.1, 0.15) is 17.3 Å². The molecule has 0 bridgehead atoms. The summed E-state index contributed by atoms with van der Waals surface area (Å²) >= 11 is 5.99. The van der Waals surface area contributed by atoms with Gasteiger partial charge in [-0.3, -0.25) is 4.40 Å². The van der Waals surface area contributed by atoms with Gasteiger partial charge in [-0.1, -0.05) is 11.6 Å². The zero-order valence-electron chi connectivity index (χ0n) is 14.9. The van der Waals surface area contributed by atoms with Crippen LogP contribution in [0.15, 0.2) is 79.3 Å². The van der Waals surface area contributed by atoms with E-state index in [9.17, 15) is 8.78 Å². The van der Waals surface area contributed by atoms with Crippen molar-refractivity contribution in [3.05, 3.63) is 95.9 Å². The minimum atomic E-state index is -0.636. The van der Waals surface area contributed by atoms with E-state index in [1.807, 2.05) is 36.5 Å². The van der Waals surface area contributed by atoms with Crippen LogP contribution < -0.4 is 0 Å². The zero-order chi connectivity index (χ0) is 20.0. The maximum absolute atomic E-state index is 14.3. The third-order valence-corrected chi connectivity index (χ3v) is 4.97. The molecule has 0 atom stereocenters. The Labute approximate surface area is 169 Å². The van der Waals surface area contributed by atoms with E-state index in [1.165, 1.54) is 12.1 Å². The zero-order valence-corrected chi connectivity index (χ0v) is 15.7. The number of halogens is 3. The molecule has 2 aromatic carbocycles. The van der Waals surface area contributed by atoms with Gasteiger partial charge >= 0.3 is 0 Å². The lowest BCUT2D eigenvalue weighted by Gasteiger charge is -2.10. The third kappa shape index (κ3) is 3.07. The lowest BCUT2D eigenvalue weighted by molar-refractivity contribution is 0.585. The van der Waals surface area contributed by atoms with Crippen LogP contribution in [-0.4, -0.2) is 19.2 Å². The van der Waals surface area contributed by atoms with E-state index in [0.29, 0.717) is 16.4 Å². The molecule has 3 aromatic heterocycles. The van der Waals surface area contributed by atoms with Crippen molar-refractivity contribution in [2.24, 2.45) is 0 Å². The number of hydrogen-bond donors (Lipinski definition) is 0. The van der Waals surface area contributed by atoms with E-state index in [2.05, 4.69) is 10.1 Å². The first kappa shape index (κ1) is 17.6. The third-order valence-electron chi connectivity index (χ3n) is 4.72. The summed E-state index contributed by atoms with van der Waals surface area (Å²) in [4.78, 5) is 4.34. The smallest absolute Gasteiger partial charge is 0.137 e. The maximum atomic E-state index is 14.3. The Hall–Kier alpha value is -3.51. The molecule has 29 heavy (non-hydrogen) atoms. The highest BCUT2D eigenvalue weighted by Crippen LogP contribution is 2.28. The normalized spacial score (nSPS) is 11.3. The van der Waals surface area contributed by atoms with Crippen LogP contribution in [0.4, 0.5) is 8.78 Å². The summed E-state index contributed by atoms with van der Waals surface area (Å²) in [5.74, 6) is -1.25. The lowest BCUT2D eigenvalue weighted by Crippen LogP contribution is -2.00. The van der Waals surface area contributed by atoms with Crippen molar-refractivity contribution in [1.29, 1.82) is 0 Å². The molecule has 0 spiro atoms. The molecule has 4 nitrogen and oxygen atoms in total. The quantitative estimate of drug-likeness (QED) is 0.380. The summed E-state index contributed by atoms with van der Waals surface area (Å²) in [5, 5.41) is 5.06. The molecule has 0 aliphatic heterocycles. The molecular formula is C22H13ClF2N4. The van der Waals surface area contributed by atoms with Crippen LogP contribution in [0.1, 0.15) is 0 Å². The van der Waals surface area contributed by atoms with Crippen molar-refractivity contribution in [3.8, 4) is 28.2 Å². The van der Waals surface area contributed by atoms with Gasteiger partial charge in [-0.25, -0.2) is 18.4 Å². The van der Waals surface area contributed by atoms with Gasteiger partial charge in [0.2, 0.25) is 0 Å². The summed E-state index contributed by atoms with van der Waals surface area (Å²) in [6, 6.07) is 16.6. The molecule has 0 radical (unpaired) electrons. The molecule has 0 saturated carbocycles. The monoisotopic (exact) mass is 406 g/mol. The molecule has 0 saturated heterocycles. The Kier molecular flexibility index (Phi) is 4.14. The molecule has 0 unspecified atom stereocenters. The van der Waals surface area contributed by atoms with Crippen LogP contribution in [0.5, 0.6) is 0 Å². The Morgan fingerprint density at radius 3 is 2.48 bits per heavy atom. The fourth-order valence-corrected chi connectivity index (χ4v) is 3.46. The highest BCUT2D eigenvalue weighted by atomic mass is 35.5. The Morgan fingerprint density at radius 1 is 0.862 bits per heavy atom. The highest BCUT2D eigenvalue weighted by molar-refractivity contribution is 6.30. The van der Waals surface area contributed by atoms with E-state index >= 15 is 0 Å². The predicted molar refractivity (Wildman–Crippen MR) is 108 cm³/mol. The first-order valence-corrected chi connectivity index (χ1v) is 9.21. The summed E-state index contributed by atoms with van der Waals surface area (Å²) in [6.45, 7) is 0. The van der Waals surface area contributed by atoms with Crippen LogP contribution in [-0.2, 0) is 0 Å². The highest BCUT2D eigenvalue weighted by Gasteiger charge is 2.14. The molecule has 5 aromatic rings. The Morgan fingerprint density at radius 2 is 1.69 bits per heavy atom. The molecule has 142 valence electrons. The molecule has 0 amide bonds.